The van der Waals surface area contributed by atoms with Crippen LogP contribution < -0.4 is 10.5 Å². The Kier molecular flexibility index (Phi) is 4.46. The fourth-order valence-electron chi connectivity index (χ4n) is 2.07. The average Bonchev–Trinajstić information content (AvgIpc) is 2.87. The van der Waals surface area contributed by atoms with Crippen LogP contribution in [0.5, 0.6) is 5.88 Å². The Bertz CT molecular complexity index is 581. The summed E-state index contributed by atoms with van der Waals surface area (Å²) in [5.41, 5.74) is 5.53. The first-order valence-electron chi connectivity index (χ1n) is 6.43. The van der Waals surface area contributed by atoms with Gasteiger partial charge in [0.05, 0.1) is 6.54 Å². The van der Waals surface area contributed by atoms with Crippen molar-refractivity contribution in [2.45, 2.75) is 25.9 Å². The molecule has 0 aromatic carbocycles. The van der Waals surface area contributed by atoms with Crippen molar-refractivity contribution in [2.24, 2.45) is 5.73 Å². The molecule has 2 heterocycles. The normalized spacial score (nSPS) is 17.8. The molecule has 2 rings (SSSR count). The quantitative estimate of drug-likeness (QED) is 0.853. The van der Waals surface area contributed by atoms with Crippen molar-refractivity contribution < 1.29 is 19.4 Å². The Morgan fingerprint density at radius 3 is 2.76 bits per heavy atom. The Morgan fingerprint density at radius 1 is 1.52 bits per heavy atom. The van der Waals surface area contributed by atoms with Gasteiger partial charge in [-0.25, -0.2) is 9.78 Å². The fourth-order valence-corrected chi connectivity index (χ4v) is 2.29. The van der Waals surface area contributed by atoms with E-state index in [1.807, 2.05) is 6.92 Å². The minimum absolute atomic E-state index is 0.0977. The van der Waals surface area contributed by atoms with Crippen LogP contribution in [0.2, 0.25) is 5.15 Å². The van der Waals surface area contributed by atoms with Gasteiger partial charge in [-0.2, -0.15) is 4.98 Å². The van der Waals surface area contributed by atoms with Gasteiger partial charge in [-0.1, -0.05) is 18.5 Å². The second-order valence-corrected chi connectivity index (χ2v) is 4.95. The summed E-state index contributed by atoms with van der Waals surface area (Å²) in [5.74, 6) is -0.545. The molecule has 1 aromatic rings. The van der Waals surface area contributed by atoms with Crippen LogP contribution in [0.25, 0.3) is 0 Å². The molecule has 1 fully saturated rings. The summed E-state index contributed by atoms with van der Waals surface area (Å²) in [4.78, 5) is 31.4. The molecule has 0 saturated carbocycles. The lowest BCUT2D eigenvalue weighted by Gasteiger charge is -2.16. The number of aromatic nitrogens is 2. The number of ether oxygens (including phenoxy) is 1. The monoisotopic (exact) mass is 314 g/mol. The topological polar surface area (TPSA) is 119 Å². The molecule has 9 heteroatoms. The highest BCUT2D eigenvalue weighted by molar-refractivity contribution is 6.32. The molecule has 2 amide bonds. The second kappa shape index (κ2) is 6.13. The molecule has 0 bridgehead atoms. The maximum atomic E-state index is 11.2. The first kappa shape index (κ1) is 15.3. The van der Waals surface area contributed by atoms with E-state index in [1.54, 1.807) is 0 Å². The molecular formula is C12H15ClN4O4. The lowest BCUT2D eigenvalue weighted by molar-refractivity contribution is 0.0994. The lowest BCUT2D eigenvalue weighted by atomic mass is 10.3. The van der Waals surface area contributed by atoms with Gasteiger partial charge in [-0.05, 0) is 6.42 Å². The third-order valence-electron chi connectivity index (χ3n) is 3.15. The van der Waals surface area contributed by atoms with E-state index in [0.717, 1.165) is 0 Å². The summed E-state index contributed by atoms with van der Waals surface area (Å²) in [6, 6.07) is 0. The number of halogens is 1. The smallest absolute Gasteiger partial charge is 0.407 e. The summed E-state index contributed by atoms with van der Waals surface area (Å²) in [6.07, 6.45) is -0.247. The standard InChI is InChI=1S/C12H15ClN4O4/c1-2-7-11(16-9(13)8(15-7)10(14)18)21-6-3-4-17(5-6)12(19)20/h6H,2-5H2,1H3,(H2,14,18)(H,19,20)/t6-/m1/s1. The van der Waals surface area contributed by atoms with E-state index in [2.05, 4.69) is 9.97 Å². The first-order chi connectivity index (χ1) is 9.92. The van der Waals surface area contributed by atoms with Gasteiger partial charge in [0.25, 0.3) is 5.91 Å². The van der Waals surface area contributed by atoms with Crippen molar-refractivity contribution in [1.29, 1.82) is 0 Å². The molecule has 1 aliphatic heterocycles. The molecule has 1 atom stereocenters. The molecule has 114 valence electrons. The molecule has 1 aromatic heterocycles. The van der Waals surface area contributed by atoms with Gasteiger partial charge >= 0.3 is 6.09 Å². The second-order valence-electron chi connectivity index (χ2n) is 4.59. The van der Waals surface area contributed by atoms with Crippen molar-refractivity contribution in [2.75, 3.05) is 13.1 Å². The fraction of sp³-hybridized carbons (Fsp3) is 0.500. The van der Waals surface area contributed by atoms with Gasteiger partial charge in [-0.15, -0.1) is 0 Å². The zero-order valence-corrected chi connectivity index (χ0v) is 12.1. The molecular weight excluding hydrogens is 300 g/mol. The number of carboxylic acid groups (broad SMARTS) is 1. The van der Waals surface area contributed by atoms with Crippen LogP contribution in [0.4, 0.5) is 4.79 Å². The average molecular weight is 315 g/mol. The number of likely N-dealkylation sites (tertiary alicyclic amines) is 1. The van der Waals surface area contributed by atoms with E-state index >= 15 is 0 Å². The number of amides is 2. The van der Waals surface area contributed by atoms with E-state index in [9.17, 15) is 9.59 Å². The SMILES string of the molecule is CCc1nc(C(N)=O)c(Cl)nc1O[C@@H]1CCN(C(=O)O)C1. The number of carbonyl (C=O) groups excluding carboxylic acids is 1. The minimum Gasteiger partial charge on any atom is -0.471 e. The molecule has 1 saturated heterocycles. The lowest BCUT2D eigenvalue weighted by Crippen LogP contribution is -2.29. The molecule has 3 N–H and O–H groups in total. The van der Waals surface area contributed by atoms with Crippen LogP contribution in [0.15, 0.2) is 0 Å². The van der Waals surface area contributed by atoms with Gasteiger partial charge in [0, 0.05) is 13.0 Å². The maximum absolute atomic E-state index is 11.2. The predicted octanol–water partition coefficient (Wildman–Crippen LogP) is 0.922. The highest BCUT2D eigenvalue weighted by Crippen LogP contribution is 2.23. The van der Waals surface area contributed by atoms with Crippen LogP contribution >= 0.6 is 11.6 Å². The largest absolute Gasteiger partial charge is 0.471 e. The van der Waals surface area contributed by atoms with E-state index in [-0.39, 0.29) is 29.4 Å². The summed E-state index contributed by atoms with van der Waals surface area (Å²) in [6.45, 7) is 2.49. The number of nitrogens with two attached hydrogens (primary N) is 1. The van der Waals surface area contributed by atoms with Crippen LogP contribution in [0, 0.1) is 0 Å². The molecule has 0 unspecified atom stereocenters. The number of hydrogen-bond donors (Lipinski definition) is 2. The van der Waals surface area contributed by atoms with Crippen molar-refractivity contribution in [1.82, 2.24) is 14.9 Å². The summed E-state index contributed by atoms with van der Waals surface area (Å²) >= 11 is 5.86. The molecule has 0 spiro atoms. The van der Waals surface area contributed by atoms with Crippen molar-refractivity contribution in [3.8, 4) is 5.88 Å². The third-order valence-corrected chi connectivity index (χ3v) is 3.41. The van der Waals surface area contributed by atoms with E-state index < -0.39 is 12.0 Å². The summed E-state index contributed by atoms with van der Waals surface area (Å²) < 4.78 is 5.68. The number of primary amides is 1. The van der Waals surface area contributed by atoms with Gasteiger partial charge in [0.2, 0.25) is 5.88 Å². The van der Waals surface area contributed by atoms with Crippen molar-refractivity contribution in [3.63, 3.8) is 0 Å². The number of aryl methyl sites for hydroxylation is 1. The highest BCUT2D eigenvalue weighted by atomic mass is 35.5. The molecule has 1 aliphatic rings. The van der Waals surface area contributed by atoms with E-state index in [0.29, 0.717) is 25.1 Å². The molecule has 8 nitrogen and oxygen atoms in total. The number of carbonyl (C=O) groups is 2. The predicted molar refractivity (Wildman–Crippen MR) is 73.6 cm³/mol. The van der Waals surface area contributed by atoms with Gasteiger partial charge in [0.15, 0.2) is 10.8 Å². The van der Waals surface area contributed by atoms with Crippen LogP contribution in [-0.2, 0) is 6.42 Å². The van der Waals surface area contributed by atoms with Crippen LogP contribution in [0.3, 0.4) is 0 Å². The first-order valence-corrected chi connectivity index (χ1v) is 6.80. The Labute approximate surface area is 125 Å². The molecule has 21 heavy (non-hydrogen) atoms. The van der Waals surface area contributed by atoms with E-state index in [1.165, 1.54) is 4.90 Å². The van der Waals surface area contributed by atoms with Crippen molar-refractivity contribution in [3.05, 3.63) is 16.5 Å². The maximum Gasteiger partial charge on any atom is 0.407 e. The van der Waals surface area contributed by atoms with Gasteiger partial charge in [-0.3, -0.25) is 4.79 Å². The minimum atomic E-state index is -0.981. The Hall–Kier alpha value is -2.09. The highest BCUT2D eigenvalue weighted by Gasteiger charge is 2.28. The van der Waals surface area contributed by atoms with Crippen LogP contribution in [0.1, 0.15) is 29.5 Å². The van der Waals surface area contributed by atoms with Crippen molar-refractivity contribution >= 4 is 23.6 Å². The molecule has 0 radical (unpaired) electrons. The van der Waals surface area contributed by atoms with Gasteiger partial charge < -0.3 is 20.5 Å². The van der Waals surface area contributed by atoms with E-state index in [4.69, 9.17) is 27.2 Å². The summed E-state index contributed by atoms with van der Waals surface area (Å²) in [5, 5.41) is 8.79. The number of nitrogens with zero attached hydrogens (tertiary/aromatic N) is 3. The number of rotatable bonds is 4. The number of hydrogen-bond acceptors (Lipinski definition) is 5. The summed E-state index contributed by atoms with van der Waals surface area (Å²) in [7, 11) is 0. The Balaban J connectivity index is 2.19. The third kappa shape index (κ3) is 3.33. The zero-order chi connectivity index (χ0) is 15.6. The van der Waals surface area contributed by atoms with Gasteiger partial charge in [0.1, 0.15) is 11.8 Å². The van der Waals surface area contributed by atoms with Crippen LogP contribution in [-0.4, -0.2) is 51.2 Å². The zero-order valence-electron chi connectivity index (χ0n) is 11.4. The Morgan fingerprint density at radius 2 is 2.24 bits per heavy atom. The molecule has 0 aliphatic carbocycles.